The normalized spacial score (nSPS) is 12.2. The lowest BCUT2D eigenvalue weighted by molar-refractivity contribution is 0.463. The van der Waals surface area contributed by atoms with Crippen molar-refractivity contribution in [3.8, 4) is 11.3 Å². The number of benzene rings is 1. The van der Waals surface area contributed by atoms with Crippen molar-refractivity contribution in [1.82, 2.24) is 25.2 Å². The number of hydrogen-bond acceptors (Lipinski definition) is 4. The summed E-state index contributed by atoms with van der Waals surface area (Å²) in [5.41, 5.74) is 3.26. The molecule has 0 aliphatic rings. The highest BCUT2D eigenvalue weighted by molar-refractivity contribution is 7.09. The molecule has 3 rings (SSSR count). The SMILES string of the molecule is CN=C(NCc1csc(C(C)(C)C)n1)N(C)Cc1ncc(-c2ccccc2)[nH]1. The van der Waals surface area contributed by atoms with Crippen molar-refractivity contribution < 1.29 is 0 Å². The molecule has 0 fully saturated rings. The minimum Gasteiger partial charge on any atom is -0.351 e. The van der Waals surface area contributed by atoms with Gasteiger partial charge in [-0.1, -0.05) is 51.1 Å². The molecular formula is C21H28N6S. The van der Waals surface area contributed by atoms with Crippen molar-refractivity contribution in [2.24, 2.45) is 4.99 Å². The summed E-state index contributed by atoms with van der Waals surface area (Å²) in [5.74, 6) is 1.70. The van der Waals surface area contributed by atoms with E-state index in [1.54, 1.807) is 18.4 Å². The third kappa shape index (κ3) is 4.98. The Balaban J connectivity index is 1.59. The third-order valence-electron chi connectivity index (χ3n) is 4.29. The van der Waals surface area contributed by atoms with Crippen LogP contribution in [0.25, 0.3) is 11.3 Å². The summed E-state index contributed by atoms with van der Waals surface area (Å²) in [5, 5.41) is 6.65. The highest BCUT2D eigenvalue weighted by Crippen LogP contribution is 2.25. The maximum absolute atomic E-state index is 4.73. The Morgan fingerprint density at radius 2 is 2.00 bits per heavy atom. The Morgan fingerprint density at radius 3 is 2.64 bits per heavy atom. The number of aromatic nitrogens is 3. The molecule has 0 bridgehead atoms. The van der Waals surface area contributed by atoms with Gasteiger partial charge >= 0.3 is 0 Å². The first-order chi connectivity index (χ1) is 13.4. The van der Waals surface area contributed by atoms with Crippen LogP contribution >= 0.6 is 11.3 Å². The second kappa shape index (κ2) is 8.56. The lowest BCUT2D eigenvalue weighted by Gasteiger charge is -2.20. The summed E-state index contributed by atoms with van der Waals surface area (Å²) >= 11 is 1.71. The van der Waals surface area contributed by atoms with E-state index in [0.29, 0.717) is 13.1 Å². The van der Waals surface area contributed by atoms with E-state index in [1.165, 1.54) is 0 Å². The number of nitrogens with zero attached hydrogens (tertiary/aromatic N) is 4. The first kappa shape index (κ1) is 20.1. The van der Waals surface area contributed by atoms with Gasteiger partial charge in [0.2, 0.25) is 0 Å². The lowest BCUT2D eigenvalue weighted by atomic mass is 9.98. The van der Waals surface area contributed by atoms with Gasteiger partial charge in [0.1, 0.15) is 5.82 Å². The van der Waals surface area contributed by atoms with E-state index >= 15 is 0 Å². The molecule has 2 N–H and O–H groups in total. The van der Waals surface area contributed by atoms with Crippen LogP contribution in [0.1, 0.15) is 37.3 Å². The van der Waals surface area contributed by atoms with Crippen LogP contribution in [-0.4, -0.2) is 39.9 Å². The topological polar surface area (TPSA) is 69.2 Å². The number of aliphatic imine (C=N–C) groups is 1. The first-order valence-corrected chi connectivity index (χ1v) is 10.2. The molecule has 0 aliphatic heterocycles. The Hall–Kier alpha value is -2.67. The number of aromatic amines is 1. The van der Waals surface area contributed by atoms with Crippen molar-refractivity contribution in [1.29, 1.82) is 0 Å². The number of nitrogens with one attached hydrogen (secondary N) is 2. The Kier molecular flexibility index (Phi) is 6.14. The minimum absolute atomic E-state index is 0.0805. The van der Waals surface area contributed by atoms with Gasteiger partial charge in [-0.05, 0) is 5.56 Å². The molecule has 0 amide bonds. The van der Waals surface area contributed by atoms with Gasteiger partial charge in [0.25, 0.3) is 0 Å². The molecule has 3 aromatic rings. The molecular weight excluding hydrogens is 368 g/mol. The summed E-state index contributed by atoms with van der Waals surface area (Å²) in [6, 6.07) is 10.2. The van der Waals surface area contributed by atoms with E-state index in [1.807, 2.05) is 36.3 Å². The fraction of sp³-hybridized carbons (Fsp3) is 0.381. The predicted molar refractivity (Wildman–Crippen MR) is 117 cm³/mol. The van der Waals surface area contributed by atoms with Gasteiger partial charge in [0.15, 0.2) is 5.96 Å². The smallest absolute Gasteiger partial charge is 0.194 e. The highest BCUT2D eigenvalue weighted by atomic mass is 32.1. The largest absolute Gasteiger partial charge is 0.351 e. The molecule has 6 nitrogen and oxygen atoms in total. The molecule has 1 aromatic carbocycles. The van der Waals surface area contributed by atoms with E-state index in [0.717, 1.165) is 33.7 Å². The molecule has 0 unspecified atom stereocenters. The molecule has 0 spiro atoms. The number of H-pyrrole nitrogens is 1. The van der Waals surface area contributed by atoms with Crippen LogP contribution in [0.2, 0.25) is 0 Å². The van der Waals surface area contributed by atoms with Gasteiger partial charge in [-0.2, -0.15) is 0 Å². The van der Waals surface area contributed by atoms with Crippen molar-refractivity contribution in [3.63, 3.8) is 0 Å². The fourth-order valence-electron chi connectivity index (χ4n) is 2.79. The van der Waals surface area contributed by atoms with Crippen LogP contribution in [0, 0.1) is 0 Å². The molecule has 7 heteroatoms. The lowest BCUT2D eigenvalue weighted by Crippen LogP contribution is -2.38. The first-order valence-electron chi connectivity index (χ1n) is 9.33. The molecule has 0 saturated carbocycles. The second-order valence-electron chi connectivity index (χ2n) is 7.76. The van der Waals surface area contributed by atoms with E-state index in [2.05, 4.69) is 58.6 Å². The molecule has 2 aromatic heterocycles. The standard InChI is InChI=1S/C21H28N6S/c1-21(2,3)19-25-16(14-28-19)11-24-20(22-4)27(5)13-18-23-12-17(26-18)15-9-7-6-8-10-15/h6-10,12,14H,11,13H2,1-5H3,(H,22,24)(H,23,26). The zero-order chi connectivity index (χ0) is 20.1. The number of rotatable bonds is 5. The summed E-state index contributed by atoms with van der Waals surface area (Å²) in [6.07, 6.45) is 1.87. The third-order valence-corrected chi connectivity index (χ3v) is 5.61. The second-order valence-corrected chi connectivity index (χ2v) is 8.62. The van der Waals surface area contributed by atoms with Crippen LogP contribution < -0.4 is 5.32 Å². The summed E-state index contributed by atoms with van der Waals surface area (Å²) in [7, 11) is 3.79. The molecule has 0 aliphatic carbocycles. The summed E-state index contributed by atoms with van der Waals surface area (Å²) in [6.45, 7) is 7.84. The molecule has 148 valence electrons. The monoisotopic (exact) mass is 396 g/mol. The van der Waals surface area contributed by atoms with Crippen LogP contribution in [0.5, 0.6) is 0 Å². The number of guanidine groups is 1. The van der Waals surface area contributed by atoms with Crippen LogP contribution in [0.3, 0.4) is 0 Å². The summed E-state index contributed by atoms with van der Waals surface area (Å²) in [4.78, 5) is 19.1. The van der Waals surface area contributed by atoms with E-state index in [4.69, 9.17) is 4.98 Å². The van der Waals surface area contributed by atoms with Gasteiger partial charge in [0.05, 0.1) is 35.7 Å². The highest BCUT2D eigenvalue weighted by Gasteiger charge is 2.18. The van der Waals surface area contributed by atoms with Crippen LogP contribution in [0.4, 0.5) is 0 Å². The predicted octanol–water partition coefficient (Wildman–Crippen LogP) is 4.04. The van der Waals surface area contributed by atoms with E-state index in [9.17, 15) is 0 Å². The quantitative estimate of drug-likeness (QED) is 0.504. The van der Waals surface area contributed by atoms with E-state index in [-0.39, 0.29) is 5.41 Å². The van der Waals surface area contributed by atoms with Crippen molar-refractivity contribution in [2.45, 2.75) is 39.3 Å². The molecule has 0 radical (unpaired) electrons. The van der Waals surface area contributed by atoms with Crippen molar-refractivity contribution in [3.05, 3.63) is 58.4 Å². The average Bonchev–Trinajstić information content (AvgIpc) is 3.32. The Morgan fingerprint density at radius 1 is 1.25 bits per heavy atom. The van der Waals surface area contributed by atoms with Crippen LogP contribution in [-0.2, 0) is 18.5 Å². The van der Waals surface area contributed by atoms with Gasteiger partial charge in [-0.3, -0.25) is 4.99 Å². The van der Waals surface area contributed by atoms with Crippen molar-refractivity contribution >= 4 is 17.3 Å². The number of thiazole rings is 1. The minimum atomic E-state index is 0.0805. The average molecular weight is 397 g/mol. The van der Waals surface area contributed by atoms with E-state index < -0.39 is 0 Å². The molecule has 28 heavy (non-hydrogen) atoms. The fourth-order valence-corrected chi connectivity index (χ4v) is 3.70. The van der Waals surface area contributed by atoms with Crippen LogP contribution in [0.15, 0.2) is 46.9 Å². The van der Waals surface area contributed by atoms with Gasteiger partial charge in [-0.25, -0.2) is 9.97 Å². The Labute approximate surface area is 170 Å². The zero-order valence-electron chi connectivity index (χ0n) is 17.2. The van der Waals surface area contributed by atoms with Gasteiger partial charge in [-0.15, -0.1) is 11.3 Å². The number of hydrogen-bond donors (Lipinski definition) is 2. The zero-order valence-corrected chi connectivity index (χ0v) is 18.0. The van der Waals surface area contributed by atoms with Gasteiger partial charge in [0, 0.05) is 24.9 Å². The van der Waals surface area contributed by atoms with Crippen molar-refractivity contribution in [2.75, 3.05) is 14.1 Å². The Bertz CT molecular complexity index is 920. The summed E-state index contributed by atoms with van der Waals surface area (Å²) < 4.78 is 0. The van der Waals surface area contributed by atoms with Gasteiger partial charge < -0.3 is 15.2 Å². The maximum Gasteiger partial charge on any atom is 0.194 e. The number of imidazole rings is 1. The molecule has 2 heterocycles. The molecule has 0 atom stereocenters. The maximum atomic E-state index is 4.73. The molecule has 0 saturated heterocycles.